The van der Waals surface area contributed by atoms with Gasteiger partial charge in [0.2, 0.25) is 0 Å². The summed E-state index contributed by atoms with van der Waals surface area (Å²) >= 11 is 0. The van der Waals surface area contributed by atoms with E-state index >= 15 is 0 Å². The zero-order valence-corrected chi connectivity index (χ0v) is 11.9. The SMILES string of the molecule is COC(=O)C1CN(C(=O)c2cc[nH]c2C)c2ccccc21. The lowest BCUT2D eigenvalue weighted by atomic mass is 10.0. The van der Waals surface area contributed by atoms with Crippen molar-refractivity contribution in [3.05, 3.63) is 53.3 Å². The topological polar surface area (TPSA) is 62.4 Å². The molecule has 1 atom stereocenters. The summed E-state index contributed by atoms with van der Waals surface area (Å²) in [5.41, 5.74) is 3.05. The van der Waals surface area contributed by atoms with Gasteiger partial charge in [0.25, 0.3) is 5.91 Å². The molecule has 1 aliphatic heterocycles. The molecular formula is C16H16N2O3. The van der Waals surface area contributed by atoms with Crippen LogP contribution in [-0.4, -0.2) is 30.5 Å². The second-order valence-corrected chi connectivity index (χ2v) is 5.07. The number of hydrogen-bond acceptors (Lipinski definition) is 3. The predicted octanol–water partition coefficient (Wildman–Crippen LogP) is 2.24. The maximum absolute atomic E-state index is 12.7. The Morgan fingerprint density at radius 3 is 2.71 bits per heavy atom. The molecule has 0 fully saturated rings. The number of aromatic nitrogens is 1. The molecule has 2 heterocycles. The zero-order chi connectivity index (χ0) is 15.0. The number of benzene rings is 1. The minimum absolute atomic E-state index is 0.104. The summed E-state index contributed by atoms with van der Waals surface area (Å²) in [6, 6.07) is 9.21. The van der Waals surface area contributed by atoms with Crippen molar-refractivity contribution in [3.8, 4) is 0 Å². The Kier molecular flexibility index (Phi) is 3.25. The van der Waals surface area contributed by atoms with E-state index in [1.165, 1.54) is 7.11 Å². The van der Waals surface area contributed by atoms with Crippen molar-refractivity contribution in [1.29, 1.82) is 0 Å². The maximum atomic E-state index is 12.7. The average Bonchev–Trinajstić information content (AvgIpc) is 3.09. The standard InChI is InChI=1S/C16H16N2O3/c1-10-11(7-8-17-10)15(19)18-9-13(16(20)21-2)12-5-3-4-6-14(12)18/h3-8,13,17H,9H2,1-2H3. The highest BCUT2D eigenvalue weighted by atomic mass is 16.5. The molecular weight excluding hydrogens is 268 g/mol. The van der Waals surface area contributed by atoms with E-state index in [2.05, 4.69) is 4.98 Å². The van der Waals surface area contributed by atoms with Gasteiger partial charge in [-0.25, -0.2) is 0 Å². The Bertz CT molecular complexity index is 705. The summed E-state index contributed by atoms with van der Waals surface area (Å²) in [7, 11) is 1.37. The molecule has 0 bridgehead atoms. The number of anilines is 1. The van der Waals surface area contributed by atoms with Gasteiger partial charge in [-0.15, -0.1) is 0 Å². The number of carbonyl (C=O) groups excluding carboxylic acids is 2. The Hall–Kier alpha value is -2.56. The van der Waals surface area contributed by atoms with E-state index in [-0.39, 0.29) is 11.9 Å². The highest BCUT2D eigenvalue weighted by molar-refractivity contribution is 6.09. The number of ether oxygens (including phenoxy) is 1. The van der Waals surface area contributed by atoms with Crippen LogP contribution in [0.25, 0.3) is 0 Å². The number of aryl methyl sites for hydroxylation is 1. The van der Waals surface area contributed by atoms with Crippen molar-refractivity contribution in [2.75, 3.05) is 18.6 Å². The highest BCUT2D eigenvalue weighted by Gasteiger charge is 2.37. The molecule has 1 N–H and O–H groups in total. The molecule has 5 nitrogen and oxygen atoms in total. The Morgan fingerprint density at radius 2 is 2.05 bits per heavy atom. The highest BCUT2D eigenvalue weighted by Crippen LogP contribution is 2.37. The van der Waals surface area contributed by atoms with Crippen LogP contribution in [0.5, 0.6) is 0 Å². The normalized spacial score (nSPS) is 16.7. The third-order valence-electron chi connectivity index (χ3n) is 3.88. The van der Waals surface area contributed by atoms with Crippen molar-refractivity contribution in [1.82, 2.24) is 4.98 Å². The van der Waals surface area contributed by atoms with Gasteiger partial charge < -0.3 is 14.6 Å². The second kappa shape index (κ2) is 5.09. The molecule has 5 heteroatoms. The van der Waals surface area contributed by atoms with Crippen LogP contribution in [0.1, 0.15) is 27.5 Å². The minimum atomic E-state index is -0.422. The fourth-order valence-electron chi connectivity index (χ4n) is 2.77. The van der Waals surface area contributed by atoms with Crippen LogP contribution in [-0.2, 0) is 9.53 Å². The lowest BCUT2D eigenvalue weighted by Crippen LogP contribution is -2.31. The van der Waals surface area contributed by atoms with E-state index in [9.17, 15) is 9.59 Å². The fraction of sp³-hybridized carbons (Fsp3) is 0.250. The summed E-state index contributed by atoms with van der Waals surface area (Å²) in [4.78, 5) is 29.3. The van der Waals surface area contributed by atoms with Gasteiger partial charge in [0, 0.05) is 24.1 Å². The summed E-state index contributed by atoms with van der Waals surface area (Å²) < 4.78 is 4.85. The molecule has 1 amide bonds. The van der Waals surface area contributed by atoms with Gasteiger partial charge in [0.1, 0.15) is 5.92 Å². The Morgan fingerprint density at radius 1 is 1.29 bits per heavy atom. The van der Waals surface area contributed by atoms with Crippen LogP contribution in [0.3, 0.4) is 0 Å². The Balaban J connectivity index is 2.00. The van der Waals surface area contributed by atoms with Crippen molar-refractivity contribution in [2.45, 2.75) is 12.8 Å². The first-order valence-corrected chi connectivity index (χ1v) is 6.76. The quantitative estimate of drug-likeness (QED) is 0.860. The fourth-order valence-corrected chi connectivity index (χ4v) is 2.77. The summed E-state index contributed by atoms with van der Waals surface area (Å²) in [5, 5.41) is 0. The average molecular weight is 284 g/mol. The van der Waals surface area contributed by atoms with Crippen LogP contribution in [0.2, 0.25) is 0 Å². The molecule has 0 saturated heterocycles. The van der Waals surface area contributed by atoms with E-state index in [1.54, 1.807) is 17.2 Å². The number of rotatable bonds is 2. The summed E-state index contributed by atoms with van der Waals surface area (Å²) in [6.07, 6.45) is 1.74. The first kappa shape index (κ1) is 13.4. The number of para-hydroxylation sites is 1. The van der Waals surface area contributed by atoms with Crippen LogP contribution in [0.15, 0.2) is 36.5 Å². The molecule has 1 unspecified atom stereocenters. The van der Waals surface area contributed by atoms with Crippen LogP contribution >= 0.6 is 0 Å². The molecule has 108 valence electrons. The minimum Gasteiger partial charge on any atom is -0.468 e. The zero-order valence-electron chi connectivity index (χ0n) is 11.9. The molecule has 21 heavy (non-hydrogen) atoms. The van der Waals surface area contributed by atoms with Crippen molar-refractivity contribution >= 4 is 17.6 Å². The number of fused-ring (bicyclic) bond motifs is 1. The molecule has 3 rings (SSSR count). The van der Waals surface area contributed by atoms with Gasteiger partial charge in [0.05, 0.1) is 12.7 Å². The number of carbonyl (C=O) groups is 2. The number of amides is 1. The molecule has 1 aliphatic rings. The van der Waals surface area contributed by atoms with Gasteiger partial charge in [-0.05, 0) is 24.6 Å². The molecule has 1 aromatic heterocycles. The lowest BCUT2D eigenvalue weighted by Gasteiger charge is -2.17. The van der Waals surface area contributed by atoms with Gasteiger partial charge in [-0.3, -0.25) is 9.59 Å². The van der Waals surface area contributed by atoms with Crippen molar-refractivity contribution in [3.63, 3.8) is 0 Å². The second-order valence-electron chi connectivity index (χ2n) is 5.07. The van der Waals surface area contributed by atoms with Gasteiger partial charge in [-0.2, -0.15) is 0 Å². The van der Waals surface area contributed by atoms with Crippen LogP contribution < -0.4 is 4.90 Å². The number of nitrogens with zero attached hydrogens (tertiary/aromatic N) is 1. The third kappa shape index (κ3) is 2.11. The van der Waals surface area contributed by atoms with Crippen LogP contribution in [0.4, 0.5) is 5.69 Å². The summed E-state index contributed by atoms with van der Waals surface area (Å²) in [6.45, 7) is 2.17. The number of hydrogen-bond donors (Lipinski definition) is 1. The smallest absolute Gasteiger partial charge is 0.315 e. The van der Waals surface area contributed by atoms with E-state index in [0.29, 0.717) is 12.1 Å². The van der Waals surface area contributed by atoms with Crippen molar-refractivity contribution in [2.24, 2.45) is 0 Å². The monoisotopic (exact) mass is 284 g/mol. The van der Waals surface area contributed by atoms with Gasteiger partial charge >= 0.3 is 5.97 Å². The molecule has 0 radical (unpaired) electrons. The summed E-state index contributed by atoms with van der Waals surface area (Å²) in [5.74, 6) is -0.842. The third-order valence-corrected chi connectivity index (χ3v) is 3.88. The largest absolute Gasteiger partial charge is 0.468 e. The van der Waals surface area contributed by atoms with E-state index in [4.69, 9.17) is 4.74 Å². The van der Waals surface area contributed by atoms with Crippen LogP contribution in [0, 0.1) is 6.92 Å². The molecule has 1 aromatic carbocycles. The number of esters is 1. The van der Waals surface area contributed by atoms with Gasteiger partial charge in [0.15, 0.2) is 0 Å². The van der Waals surface area contributed by atoms with E-state index in [0.717, 1.165) is 16.9 Å². The Labute approximate surface area is 122 Å². The molecule has 0 saturated carbocycles. The first-order valence-electron chi connectivity index (χ1n) is 6.76. The number of nitrogens with one attached hydrogen (secondary N) is 1. The number of aromatic amines is 1. The first-order chi connectivity index (χ1) is 10.1. The molecule has 2 aromatic rings. The molecule has 0 aliphatic carbocycles. The van der Waals surface area contributed by atoms with E-state index in [1.807, 2.05) is 31.2 Å². The van der Waals surface area contributed by atoms with Gasteiger partial charge in [-0.1, -0.05) is 18.2 Å². The predicted molar refractivity (Wildman–Crippen MR) is 78.4 cm³/mol. The van der Waals surface area contributed by atoms with Crippen molar-refractivity contribution < 1.29 is 14.3 Å². The number of methoxy groups -OCH3 is 1. The van der Waals surface area contributed by atoms with E-state index < -0.39 is 5.92 Å². The maximum Gasteiger partial charge on any atom is 0.315 e. The number of H-pyrrole nitrogens is 1. The lowest BCUT2D eigenvalue weighted by molar-refractivity contribution is -0.141. The molecule has 0 spiro atoms.